The number of hydrogen-bond acceptors (Lipinski definition) is 9. The van der Waals surface area contributed by atoms with Crippen LogP contribution in [0.3, 0.4) is 0 Å². The highest BCUT2D eigenvalue weighted by Crippen LogP contribution is 2.34. The van der Waals surface area contributed by atoms with Gasteiger partial charge in [0.05, 0.1) is 30.0 Å². The second kappa shape index (κ2) is 11.0. The average molecular weight is 527 g/mol. The Labute approximate surface area is 204 Å². The van der Waals surface area contributed by atoms with E-state index < -0.39 is 27.8 Å². The van der Waals surface area contributed by atoms with Gasteiger partial charge in [0.2, 0.25) is 0 Å². The number of morpholine rings is 1. The summed E-state index contributed by atoms with van der Waals surface area (Å²) in [6.45, 7) is 7.23. The molecule has 1 aliphatic rings. The number of hydrogen-bond donors (Lipinski definition) is 3. The Bertz CT molecular complexity index is 1340. The van der Waals surface area contributed by atoms with Crippen LogP contribution in [-0.2, 0) is 30.9 Å². The molecule has 1 aromatic carbocycles. The van der Waals surface area contributed by atoms with E-state index in [1.54, 1.807) is 0 Å². The summed E-state index contributed by atoms with van der Waals surface area (Å²) >= 11 is 1.50. The van der Waals surface area contributed by atoms with Gasteiger partial charge in [0, 0.05) is 18.0 Å². The zero-order valence-electron chi connectivity index (χ0n) is 18.8. The van der Waals surface area contributed by atoms with Crippen LogP contribution in [0.4, 0.5) is 10.2 Å². The smallest absolute Gasteiger partial charge is 0.414 e. The Balaban J connectivity index is 0.000000509. The third kappa shape index (κ3) is 6.69. The van der Waals surface area contributed by atoms with Gasteiger partial charge in [-0.2, -0.15) is 0 Å². The van der Waals surface area contributed by atoms with Crippen LogP contribution >= 0.6 is 11.3 Å². The molecule has 0 aliphatic carbocycles. The molecule has 0 bridgehead atoms. The van der Waals surface area contributed by atoms with E-state index in [2.05, 4.69) is 19.6 Å². The second-order valence-electron chi connectivity index (χ2n) is 7.51. The Morgan fingerprint density at radius 2 is 1.83 bits per heavy atom. The highest BCUT2D eigenvalue weighted by atomic mass is 32.2. The number of halogens is 1. The Morgan fingerprint density at radius 3 is 2.43 bits per heavy atom. The van der Waals surface area contributed by atoms with Crippen LogP contribution in [0.2, 0.25) is 0 Å². The van der Waals surface area contributed by atoms with Crippen LogP contribution in [0.5, 0.6) is 0 Å². The van der Waals surface area contributed by atoms with E-state index in [0.717, 1.165) is 34.4 Å². The number of aliphatic carboxylic acids is 2. The van der Waals surface area contributed by atoms with Gasteiger partial charge in [0.15, 0.2) is 5.82 Å². The van der Waals surface area contributed by atoms with Crippen LogP contribution in [0, 0.1) is 19.7 Å². The summed E-state index contributed by atoms with van der Waals surface area (Å²) < 4.78 is 47.2. The summed E-state index contributed by atoms with van der Waals surface area (Å²) in [5, 5.41) is 15.5. The standard InChI is InChI=1S/C19H21FN4O3S2.C2H2O4/c1-12-13(2)28-19-17(12)18(21-16(22-19)11-24-6-8-27-9-7-24)23-29(25,26)15-5-3-4-14(20)10-15;3-1(4)2(5)6/h3-5,10H,6-9,11H2,1-2H3,(H,21,22,23);(H,3,4)(H,5,6). The summed E-state index contributed by atoms with van der Waals surface area (Å²) in [7, 11) is -3.99. The maximum atomic E-state index is 13.5. The molecule has 2 aromatic heterocycles. The fourth-order valence-corrected chi connectivity index (χ4v) is 5.31. The highest BCUT2D eigenvalue weighted by Gasteiger charge is 2.22. The summed E-state index contributed by atoms with van der Waals surface area (Å²) in [4.78, 5) is 31.2. The SMILES string of the molecule is Cc1sc2nc(CN3CCOCC3)nc(NS(=O)(=O)c3cccc(F)c3)c2c1C.O=C(O)C(=O)O. The average Bonchev–Trinajstić information content (AvgIpc) is 3.08. The third-order valence-corrected chi connectivity index (χ3v) is 7.50. The summed E-state index contributed by atoms with van der Waals surface area (Å²) in [5.41, 5.74) is 0.930. The monoisotopic (exact) mass is 526 g/mol. The Hall–Kier alpha value is -3.20. The lowest BCUT2D eigenvalue weighted by Crippen LogP contribution is -2.36. The molecule has 1 saturated heterocycles. The van der Waals surface area contributed by atoms with E-state index in [4.69, 9.17) is 24.5 Å². The molecule has 0 atom stereocenters. The number of nitrogens with one attached hydrogen (secondary N) is 1. The number of anilines is 1. The van der Waals surface area contributed by atoms with Gasteiger partial charge >= 0.3 is 11.9 Å². The Morgan fingerprint density at radius 1 is 1.17 bits per heavy atom. The van der Waals surface area contributed by atoms with Crippen molar-refractivity contribution in [1.29, 1.82) is 0 Å². The quantitative estimate of drug-likeness (QED) is 0.421. The minimum absolute atomic E-state index is 0.149. The van der Waals surface area contributed by atoms with Gasteiger partial charge in [-0.1, -0.05) is 6.07 Å². The number of carboxylic acid groups (broad SMARTS) is 2. The number of carbonyl (C=O) groups is 2. The van der Waals surface area contributed by atoms with Crippen molar-refractivity contribution in [3.63, 3.8) is 0 Å². The molecule has 0 radical (unpaired) electrons. The van der Waals surface area contributed by atoms with Gasteiger partial charge < -0.3 is 14.9 Å². The van der Waals surface area contributed by atoms with Gasteiger partial charge in [-0.05, 0) is 37.6 Å². The maximum absolute atomic E-state index is 13.5. The fourth-order valence-electron chi connectivity index (χ4n) is 3.22. The number of nitrogens with zero attached hydrogens (tertiary/aromatic N) is 3. The van der Waals surface area contributed by atoms with E-state index in [1.807, 2.05) is 13.8 Å². The molecular weight excluding hydrogens is 503 g/mol. The Kier molecular flexibility index (Phi) is 8.32. The number of aryl methyl sites for hydroxylation is 2. The first kappa shape index (κ1) is 26.4. The van der Waals surface area contributed by atoms with Crippen molar-refractivity contribution in [2.24, 2.45) is 0 Å². The molecule has 14 heteroatoms. The van der Waals surface area contributed by atoms with Crippen molar-refractivity contribution in [1.82, 2.24) is 14.9 Å². The molecule has 11 nitrogen and oxygen atoms in total. The van der Waals surface area contributed by atoms with Gasteiger partial charge in [-0.15, -0.1) is 11.3 Å². The van der Waals surface area contributed by atoms with Crippen LogP contribution < -0.4 is 4.72 Å². The van der Waals surface area contributed by atoms with E-state index in [0.29, 0.717) is 31.0 Å². The number of fused-ring (bicyclic) bond motifs is 1. The van der Waals surface area contributed by atoms with E-state index >= 15 is 0 Å². The molecule has 0 amide bonds. The largest absolute Gasteiger partial charge is 0.473 e. The van der Waals surface area contributed by atoms with Crippen molar-refractivity contribution in [2.45, 2.75) is 25.3 Å². The fraction of sp³-hybridized carbons (Fsp3) is 0.333. The lowest BCUT2D eigenvalue weighted by atomic mass is 10.2. The third-order valence-electron chi connectivity index (χ3n) is 5.06. The zero-order chi connectivity index (χ0) is 25.8. The highest BCUT2D eigenvalue weighted by molar-refractivity contribution is 7.92. The summed E-state index contributed by atoms with van der Waals surface area (Å²) in [6.07, 6.45) is 0. The normalized spacial score (nSPS) is 14.3. The van der Waals surface area contributed by atoms with Crippen LogP contribution in [-0.4, -0.2) is 71.7 Å². The first-order chi connectivity index (χ1) is 16.5. The maximum Gasteiger partial charge on any atom is 0.414 e. The predicted molar refractivity (Wildman–Crippen MR) is 125 cm³/mol. The van der Waals surface area contributed by atoms with Gasteiger partial charge in [0.1, 0.15) is 16.5 Å². The van der Waals surface area contributed by atoms with Crippen LogP contribution in [0.1, 0.15) is 16.3 Å². The van der Waals surface area contributed by atoms with Crippen LogP contribution in [0.25, 0.3) is 10.2 Å². The number of sulfonamides is 1. The first-order valence-corrected chi connectivity index (χ1v) is 12.6. The molecule has 35 heavy (non-hydrogen) atoms. The number of thiophene rings is 1. The lowest BCUT2D eigenvalue weighted by molar-refractivity contribution is -0.159. The molecule has 188 valence electrons. The summed E-state index contributed by atoms with van der Waals surface area (Å²) in [5.74, 6) is -3.50. The molecule has 1 fully saturated rings. The van der Waals surface area contributed by atoms with Crippen molar-refractivity contribution >= 4 is 49.3 Å². The number of carboxylic acids is 2. The van der Waals surface area contributed by atoms with E-state index in [1.165, 1.54) is 29.5 Å². The topological polar surface area (TPSA) is 159 Å². The molecule has 0 spiro atoms. The minimum atomic E-state index is -3.99. The minimum Gasteiger partial charge on any atom is -0.473 e. The lowest BCUT2D eigenvalue weighted by Gasteiger charge is -2.25. The van der Waals surface area contributed by atoms with Gasteiger partial charge in [-0.25, -0.2) is 32.4 Å². The molecule has 0 unspecified atom stereocenters. The molecule has 4 rings (SSSR count). The first-order valence-electron chi connectivity index (χ1n) is 10.3. The molecule has 1 aliphatic heterocycles. The molecule has 0 saturated carbocycles. The van der Waals surface area contributed by atoms with Crippen molar-refractivity contribution in [3.05, 3.63) is 46.3 Å². The molecule has 3 N–H and O–H groups in total. The summed E-state index contributed by atoms with van der Waals surface area (Å²) in [6, 6.07) is 4.91. The van der Waals surface area contributed by atoms with Crippen molar-refractivity contribution < 1.29 is 37.3 Å². The number of aromatic nitrogens is 2. The predicted octanol–water partition coefficient (Wildman–Crippen LogP) is 2.24. The molecule has 3 aromatic rings. The van der Waals surface area contributed by atoms with Crippen molar-refractivity contribution in [3.8, 4) is 0 Å². The molecular formula is C21H23FN4O7S2. The number of benzene rings is 1. The number of rotatable bonds is 5. The van der Waals surface area contributed by atoms with Gasteiger partial charge in [-0.3, -0.25) is 9.62 Å². The number of ether oxygens (including phenoxy) is 1. The van der Waals surface area contributed by atoms with E-state index in [-0.39, 0.29) is 10.7 Å². The van der Waals surface area contributed by atoms with Crippen molar-refractivity contribution in [2.75, 3.05) is 31.0 Å². The second-order valence-corrected chi connectivity index (χ2v) is 10.4. The zero-order valence-corrected chi connectivity index (χ0v) is 20.4. The molecule has 3 heterocycles. The van der Waals surface area contributed by atoms with E-state index in [9.17, 15) is 12.8 Å². The van der Waals surface area contributed by atoms with Crippen LogP contribution in [0.15, 0.2) is 29.2 Å². The van der Waals surface area contributed by atoms with Gasteiger partial charge in [0.25, 0.3) is 10.0 Å².